The highest BCUT2D eigenvalue weighted by Crippen LogP contribution is 2.34. The molecular formula is C24H21N3O4. The second kappa shape index (κ2) is 8.02. The zero-order valence-electron chi connectivity index (χ0n) is 17.0. The van der Waals surface area contributed by atoms with Crippen LogP contribution in [-0.4, -0.2) is 22.3 Å². The molecule has 7 heteroatoms. The van der Waals surface area contributed by atoms with Gasteiger partial charge in [-0.25, -0.2) is 4.98 Å². The molecule has 0 unspecified atom stereocenters. The number of nitrogens with one attached hydrogen (secondary N) is 1. The van der Waals surface area contributed by atoms with Gasteiger partial charge in [-0.3, -0.25) is 4.79 Å². The number of hydrogen-bond donors (Lipinski definition) is 1. The fourth-order valence-electron chi connectivity index (χ4n) is 3.59. The van der Waals surface area contributed by atoms with Crippen LogP contribution < -0.4 is 19.5 Å². The topological polar surface area (TPSA) is 74.6 Å². The van der Waals surface area contributed by atoms with E-state index in [0.29, 0.717) is 23.0 Å². The lowest BCUT2D eigenvalue weighted by Gasteiger charge is -2.12. The maximum absolute atomic E-state index is 12.8. The second-order valence-electron chi connectivity index (χ2n) is 7.27. The van der Waals surface area contributed by atoms with Gasteiger partial charge >= 0.3 is 0 Å². The number of rotatable bonds is 6. The molecule has 4 aromatic rings. The van der Waals surface area contributed by atoms with Crippen molar-refractivity contribution in [2.24, 2.45) is 0 Å². The molecule has 0 radical (unpaired) electrons. The molecule has 1 N–H and O–H groups in total. The van der Waals surface area contributed by atoms with E-state index in [2.05, 4.69) is 10.3 Å². The number of aryl methyl sites for hydroxylation is 1. The average Bonchev–Trinajstić information content (AvgIpc) is 3.37. The van der Waals surface area contributed by atoms with Crippen molar-refractivity contribution in [3.63, 3.8) is 0 Å². The molecule has 0 fully saturated rings. The third kappa shape index (κ3) is 3.90. The van der Waals surface area contributed by atoms with Crippen LogP contribution in [0, 0.1) is 6.92 Å². The van der Waals surface area contributed by atoms with Crippen LogP contribution in [0.15, 0.2) is 66.7 Å². The number of anilines is 1. The molecule has 2 heterocycles. The summed E-state index contributed by atoms with van der Waals surface area (Å²) >= 11 is 0. The first kappa shape index (κ1) is 19.0. The second-order valence-corrected chi connectivity index (χ2v) is 7.27. The Morgan fingerprint density at radius 2 is 1.87 bits per heavy atom. The Bertz CT molecular complexity index is 1260. The van der Waals surface area contributed by atoms with Gasteiger partial charge in [-0.2, -0.15) is 0 Å². The maximum atomic E-state index is 12.8. The first-order chi connectivity index (χ1) is 15.2. The molecule has 0 atom stereocenters. The van der Waals surface area contributed by atoms with Crippen LogP contribution in [0.25, 0.3) is 11.0 Å². The Morgan fingerprint density at radius 1 is 1.06 bits per heavy atom. The number of aromatic nitrogens is 2. The van der Waals surface area contributed by atoms with Crippen molar-refractivity contribution < 1.29 is 19.0 Å². The number of imidazole rings is 1. The molecule has 0 saturated carbocycles. The van der Waals surface area contributed by atoms with Gasteiger partial charge in [0.05, 0.1) is 11.0 Å². The average molecular weight is 415 g/mol. The summed E-state index contributed by atoms with van der Waals surface area (Å²) in [6.07, 6.45) is 0. The van der Waals surface area contributed by atoms with E-state index in [0.717, 1.165) is 22.3 Å². The molecule has 1 aliphatic heterocycles. The van der Waals surface area contributed by atoms with Gasteiger partial charge in [0.25, 0.3) is 0 Å². The Kier molecular flexibility index (Phi) is 4.92. The Hall–Kier alpha value is -4.00. The molecule has 0 aliphatic carbocycles. The minimum atomic E-state index is -0.167. The van der Waals surface area contributed by atoms with Gasteiger partial charge in [-0.1, -0.05) is 30.3 Å². The lowest BCUT2D eigenvalue weighted by atomic mass is 10.2. The van der Waals surface area contributed by atoms with Crippen molar-refractivity contribution >= 4 is 22.6 Å². The molecule has 0 bridgehead atoms. The summed E-state index contributed by atoms with van der Waals surface area (Å²) in [4.78, 5) is 17.5. The zero-order valence-corrected chi connectivity index (χ0v) is 17.0. The Labute approximate surface area is 179 Å². The maximum Gasteiger partial charge on any atom is 0.244 e. The van der Waals surface area contributed by atoms with E-state index in [9.17, 15) is 4.79 Å². The number of amides is 1. The largest absolute Gasteiger partial charge is 0.485 e. The molecule has 1 aromatic heterocycles. The number of fused-ring (bicyclic) bond motifs is 2. The highest BCUT2D eigenvalue weighted by molar-refractivity contribution is 5.92. The number of benzene rings is 3. The number of para-hydroxylation sites is 3. The Balaban J connectivity index is 1.37. The fraction of sp³-hybridized carbons (Fsp3) is 0.167. The standard InChI is InChI=1S/C24H21N3O4/c1-16-6-2-5-9-20(16)29-14-23-26-18-7-3-4-8-19(18)27(23)13-24(28)25-17-10-11-21-22(12-17)31-15-30-21/h2-12H,13-15H2,1H3,(H,25,28). The first-order valence-corrected chi connectivity index (χ1v) is 9.99. The van der Waals surface area contributed by atoms with Gasteiger partial charge in [0.2, 0.25) is 12.7 Å². The van der Waals surface area contributed by atoms with Crippen molar-refractivity contribution in [2.45, 2.75) is 20.1 Å². The van der Waals surface area contributed by atoms with Crippen LogP contribution in [-0.2, 0) is 17.9 Å². The van der Waals surface area contributed by atoms with Gasteiger partial charge in [-0.15, -0.1) is 0 Å². The summed E-state index contributed by atoms with van der Waals surface area (Å²) in [6, 6.07) is 20.9. The molecule has 7 nitrogen and oxygen atoms in total. The monoisotopic (exact) mass is 415 g/mol. The lowest BCUT2D eigenvalue weighted by Crippen LogP contribution is -2.20. The van der Waals surface area contributed by atoms with Crippen LogP contribution in [0.5, 0.6) is 17.2 Å². The van der Waals surface area contributed by atoms with E-state index in [1.165, 1.54) is 0 Å². The summed E-state index contributed by atoms with van der Waals surface area (Å²) in [5, 5.41) is 2.92. The third-order valence-corrected chi connectivity index (χ3v) is 5.14. The van der Waals surface area contributed by atoms with Crippen LogP contribution >= 0.6 is 0 Å². The van der Waals surface area contributed by atoms with Crippen LogP contribution in [0.1, 0.15) is 11.4 Å². The minimum Gasteiger partial charge on any atom is -0.485 e. The molecule has 156 valence electrons. The van der Waals surface area contributed by atoms with Crippen LogP contribution in [0.4, 0.5) is 5.69 Å². The lowest BCUT2D eigenvalue weighted by molar-refractivity contribution is -0.116. The van der Waals surface area contributed by atoms with E-state index in [-0.39, 0.29) is 25.9 Å². The molecule has 0 saturated heterocycles. The summed E-state index contributed by atoms with van der Waals surface area (Å²) in [5.74, 6) is 2.61. The van der Waals surface area contributed by atoms with Crippen molar-refractivity contribution in [3.8, 4) is 17.2 Å². The number of ether oxygens (including phenoxy) is 3. The van der Waals surface area contributed by atoms with E-state index in [1.54, 1.807) is 18.2 Å². The van der Waals surface area contributed by atoms with Gasteiger partial charge in [-0.05, 0) is 42.8 Å². The van der Waals surface area contributed by atoms with Gasteiger partial charge in [0, 0.05) is 11.8 Å². The van der Waals surface area contributed by atoms with Crippen LogP contribution in [0.2, 0.25) is 0 Å². The third-order valence-electron chi connectivity index (χ3n) is 5.14. The molecular weight excluding hydrogens is 394 g/mol. The summed E-state index contributed by atoms with van der Waals surface area (Å²) in [5.41, 5.74) is 3.40. The fourth-order valence-corrected chi connectivity index (χ4v) is 3.59. The predicted molar refractivity (Wildman–Crippen MR) is 116 cm³/mol. The number of hydrogen-bond acceptors (Lipinski definition) is 5. The van der Waals surface area contributed by atoms with E-state index >= 15 is 0 Å². The SMILES string of the molecule is Cc1ccccc1OCc1nc2ccccc2n1CC(=O)Nc1ccc2c(c1)OCO2. The van der Waals surface area contributed by atoms with E-state index in [1.807, 2.05) is 60.0 Å². The van der Waals surface area contributed by atoms with Crippen LogP contribution in [0.3, 0.4) is 0 Å². The molecule has 5 rings (SSSR count). The highest BCUT2D eigenvalue weighted by atomic mass is 16.7. The van der Waals surface area contributed by atoms with Crippen molar-refractivity contribution in [1.29, 1.82) is 0 Å². The summed E-state index contributed by atoms with van der Waals surface area (Å²) < 4.78 is 18.6. The summed E-state index contributed by atoms with van der Waals surface area (Å²) in [6.45, 7) is 2.56. The molecule has 3 aromatic carbocycles. The highest BCUT2D eigenvalue weighted by Gasteiger charge is 2.17. The minimum absolute atomic E-state index is 0.113. The molecule has 1 aliphatic rings. The van der Waals surface area contributed by atoms with Crippen molar-refractivity contribution in [3.05, 3.63) is 78.1 Å². The summed E-state index contributed by atoms with van der Waals surface area (Å²) in [7, 11) is 0. The normalized spacial score (nSPS) is 12.2. The molecule has 1 amide bonds. The zero-order chi connectivity index (χ0) is 21.2. The van der Waals surface area contributed by atoms with E-state index in [4.69, 9.17) is 14.2 Å². The number of carbonyl (C=O) groups excluding carboxylic acids is 1. The quantitative estimate of drug-likeness (QED) is 0.508. The van der Waals surface area contributed by atoms with Crippen molar-refractivity contribution in [1.82, 2.24) is 9.55 Å². The van der Waals surface area contributed by atoms with Gasteiger partial charge in [0.15, 0.2) is 11.5 Å². The van der Waals surface area contributed by atoms with Crippen molar-refractivity contribution in [2.75, 3.05) is 12.1 Å². The number of carbonyl (C=O) groups is 1. The Morgan fingerprint density at radius 3 is 2.77 bits per heavy atom. The van der Waals surface area contributed by atoms with E-state index < -0.39 is 0 Å². The molecule has 0 spiro atoms. The predicted octanol–water partition coefficient (Wildman–Crippen LogP) is 4.29. The smallest absolute Gasteiger partial charge is 0.244 e. The van der Waals surface area contributed by atoms with Gasteiger partial charge in [0.1, 0.15) is 24.7 Å². The molecule has 31 heavy (non-hydrogen) atoms. The number of nitrogens with zero attached hydrogens (tertiary/aromatic N) is 2. The first-order valence-electron chi connectivity index (χ1n) is 9.99. The van der Waals surface area contributed by atoms with Gasteiger partial charge < -0.3 is 24.1 Å².